The van der Waals surface area contributed by atoms with E-state index in [0.29, 0.717) is 22.3 Å². The number of pyridine rings is 1. The second-order valence-corrected chi connectivity index (χ2v) is 4.37. The van der Waals surface area contributed by atoms with Gasteiger partial charge in [0, 0.05) is 11.6 Å². The molecule has 3 N–H and O–H groups in total. The Bertz CT molecular complexity index is 757. The van der Waals surface area contributed by atoms with Crippen molar-refractivity contribution in [1.29, 1.82) is 0 Å². The van der Waals surface area contributed by atoms with E-state index in [1.54, 1.807) is 6.07 Å². The van der Waals surface area contributed by atoms with E-state index in [0.717, 1.165) is 6.20 Å². The third-order valence-corrected chi connectivity index (χ3v) is 3.01. The molecule has 0 saturated heterocycles. The minimum Gasteiger partial charge on any atom is -0.459 e. The van der Waals surface area contributed by atoms with E-state index in [-0.39, 0.29) is 5.82 Å². The summed E-state index contributed by atoms with van der Waals surface area (Å²) in [7, 11) is 0. The number of benzene rings is 1. The summed E-state index contributed by atoms with van der Waals surface area (Å²) in [5.41, 5.74) is 3.60. The Labute approximate surface area is 113 Å². The van der Waals surface area contributed by atoms with Gasteiger partial charge in [-0.05, 0) is 35.9 Å². The number of halogens is 2. The summed E-state index contributed by atoms with van der Waals surface area (Å²) in [6, 6.07) is 6.61. The van der Waals surface area contributed by atoms with Crippen LogP contribution in [0.3, 0.4) is 0 Å². The van der Waals surface area contributed by atoms with Gasteiger partial charge in [0.1, 0.15) is 29.0 Å². The second kappa shape index (κ2) is 4.99. The maximum Gasteiger partial charge on any atom is 0.141 e. The molecule has 1 aromatic carbocycles. The molecule has 1 atom stereocenters. The van der Waals surface area contributed by atoms with Crippen LogP contribution >= 0.6 is 0 Å². The predicted molar refractivity (Wildman–Crippen MR) is 69.5 cm³/mol. The van der Waals surface area contributed by atoms with Crippen molar-refractivity contribution in [3.05, 3.63) is 65.7 Å². The van der Waals surface area contributed by atoms with Gasteiger partial charge in [0.15, 0.2) is 0 Å². The fourth-order valence-electron chi connectivity index (χ4n) is 2.11. The molecule has 2 aromatic heterocycles. The molecule has 0 spiro atoms. The summed E-state index contributed by atoms with van der Waals surface area (Å²) in [6.07, 6.45) is 2.59. The first kappa shape index (κ1) is 12.7. The van der Waals surface area contributed by atoms with Crippen molar-refractivity contribution in [2.24, 2.45) is 5.84 Å². The van der Waals surface area contributed by atoms with Crippen molar-refractivity contribution >= 4 is 11.0 Å². The summed E-state index contributed by atoms with van der Waals surface area (Å²) in [5.74, 6) is 5.14. The molecule has 2 heterocycles. The highest BCUT2D eigenvalue weighted by Crippen LogP contribution is 2.28. The van der Waals surface area contributed by atoms with Crippen molar-refractivity contribution in [3.8, 4) is 0 Å². The molecule has 3 rings (SSSR count). The number of hydrazine groups is 1. The topological polar surface area (TPSA) is 64.1 Å². The maximum absolute atomic E-state index is 13.2. The standard InChI is InChI=1S/C14H11F2N3O/c15-10-1-2-12-8(3-10)5-13(20-12)14(19-17)9-4-11(16)7-18-6-9/h1-7,14,19H,17H2. The average molecular weight is 275 g/mol. The number of nitrogens with two attached hydrogens (primary N) is 1. The van der Waals surface area contributed by atoms with Crippen LogP contribution < -0.4 is 11.3 Å². The monoisotopic (exact) mass is 275 g/mol. The van der Waals surface area contributed by atoms with Gasteiger partial charge in [0.2, 0.25) is 0 Å². The Morgan fingerprint density at radius 2 is 1.95 bits per heavy atom. The molecule has 102 valence electrons. The van der Waals surface area contributed by atoms with Crippen LogP contribution in [-0.4, -0.2) is 4.98 Å². The van der Waals surface area contributed by atoms with Crippen LogP contribution in [0.25, 0.3) is 11.0 Å². The molecule has 0 bridgehead atoms. The first-order chi connectivity index (χ1) is 9.67. The van der Waals surface area contributed by atoms with Crippen molar-refractivity contribution in [2.75, 3.05) is 0 Å². The number of hydrogen-bond acceptors (Lipinski definition) is 4. The predicted octanol–water partition coefficient (Wildman–Crippen LogP) is 2.66. The summed E-state index contributed by atoms with van der Waals surface area (Å²) in [4.78, 5) is 3.77. The minimum atomic E-state index is -0.561. The molecule has 6 heteroatoms. The highest BCUT2D eigenvalue weighted by Gasteiger charge is 2.18. The Kier molecular flexibility index (Phi) is 3.17. The quantitative estimate of drug-likeness (QED) is 0.569. The highest BCUT2D eigenvalue weighted by molar-refractivity contribution is 5.78. The van der Waals surface area contributed by atoms with Crippen LogP contribution in [0.1, 0.15) is 17.4 Å². The van der Waals surface area contributed by atoms with Crippen LogP contribution in [0.5, 0.6) is 0 Å². The molecular formula is C14H11F2N3O. The molecule has 0 fully saturated rings. The van der Waals surface area contributed by atoms with Gasteiger partial charge in [0.25, 0.3) is 0 Å². The molecule has 0 radical (unpaired) electrons. The third-order valence-electron chi connectivity index (χ3n) is 3.01. The summed E-state index contributed by atoms with van der Waals surface area (Å²) in [6.45, 7) is 0. The number of aromatic nitrogens is 1. The summed E-state index contributed by atoms with van der Waals surface area (Å²) in [5, 5.41) is 0.615. The van der Waals surface area contributed by atoms with E-state index in [2.05, 4.69) is 10.4 Å². The lowest BCUT2D eigenvalue weighted by Gasteiger charge is -2.12. The molecule has 0 aliphatic heterocycles. The normalized spacial score (nSPS) is 12.8. The number of furan rings is 1. The van der Waals surface area contributed by atoms with E-state index >= 15 is 0 Å². The summed E-state index contributed by atoms with van der Waals surface area (Å²) >= 11 is 0. The van der Waals surface area contributed by atoms with Gasteiger partial charge in [-0.2, -0.15) is 0 Å². The smallest absolute Gasteiger partial charge is 0.141 e. The van der Waals surface area contributed by atoms with Crippen molar-refractivity contribution < 1.29 is 13.2 Å². The number of nitrogens with one attached hydrogen (secondary N) is 1. The van der Waals surface area contributed by atoms with Crippen LogP contribution in [0.4, 0.5) is 8.78 Å². The van der Waals surface area contributed by atoms with Gasteiger partial charge < -0.3 is 4.42 Å². The maximum atomic E-state index is 13.2. The zero-order valence-corrected chi connectivity index (χ0v) is 10.3. The zero-order chi connectivity index (χ0) is 14.1. The molecule has 0 amide bonds. The zero-order valence-electron chi connectivity index (χ0n) is 10.3. The van der Waals surface area contributed by atoms with Gasteiger partial charge in [-0.1, -0.05) is 0 Å². The van der Waals surface area contributed by atoms with E-state index in [1.807, 2.05) is 0 Å². The van der Waals surface area contributed by atoms with Crippen LogP contribution in [0, 0.1) is 11.6 Å². The Morgan fingerprint density at radius 3 is 2.70 bits per heavy atom. The van der Waals surface area contributed by atoms with Gasteiger partial charge >= 0.3 is 0 Å². The SMILES string of the molecule is NNC(c1cncc(F)c1)c1cc2cc(F)ccc2o1. The van der Waals surface area contributed by atoms with Crippen molar-refractivity contribution in [3.63, 3.8) is 0 Å². The fraction of sp³-hybridized carbons (Fsp3) is 0.0714. The second-order valence-electron chi connectivity index (χ2n) is 4.37. The average Bonchev–Trinajstić information content (AvgIpc) is 2.82. The first-order valence-corrected chi connectivity index (χ1v) is 5.93. The number of rotatable bonds is 3. The van der Waals surface area contributed by atoms with Crippen LogP contribution in [0.15, 0.2) is 47.1 Å². The van der Waals surface area contributed by atoms with Gasteiger partial charge in [-0.3, -0.25) is 10.8 Å². The van der Waals surface area contributed by atoms with E-state index in [9.17, 15) is 8.78 Å². The lowest BCUT2D eigenvalue weighted by Crippen LogP contribution is -2.28. The first-order valence-electron chi connectivity index (χ1n) is 5.93. The van der Waals surface area contributed by atoms with Gasteiger partial charge in [0.05, 0.1) is 6.20 Å². The molecule has 4 nitrogen and oxygen atoms in total. The van der Waals surface area contributed by atoms with Crippen LogP contribution in [0.2, 0.25) is 0 Å². The molecule has 0 saturated carbocycles. The van der Waals surface area contributed by atoms with E-state index in [1.165, 1.54) is 30.5 Å². The third kappa shape index (κ3) is 2.26. The molecule has 1 unspecified atom stereocenters. The lowest BCUT2D eigenvalue weighted by atomic mass is 10.1. The summed E-state index contributed by atoms with van der Waals surface area (Å²) < 4.78 is 32.0. The number of hydrogen-bond donors (Lipinski definition) is 2. The van der Waals surface area contributed by atoms with Crippen molar-refractivity contribution in [1.82, 2.24) is 10.4 Å². The number of nitrogens with zero attached hydrogens (tertiary/aromatic N) is 1. The molecule has 3 aromatic rings. The Hall–Kier alpha value is -2.31. The molecule has 20 heavy (non-hydrogen) atoms. The lowest BCUT2D eigenvalue weighted by molar-refractivity contribution is 0.474. The van der Waals surface area contributed by atoms with Gasteiger partial charge in [-0.15, -0.1) is 0 Å². The van der Waals surface area contributed by atoms with Gasteiger partial charge in [-0.25, -0.2) is 14.2 Å². The number of fused-ring (bicyclic) bond motifs is 1. The minimum absolute atomic E-state index is 0.352. The largest absolute Gasteiger partial charge is 0.459 e. The molecular weight excluding hydrogens is 264 g/mol. The van der Waals surface area contributed by atoms with Crippen molar-refractivity contribution in [2.45, 2.75) is 6.04 Å². The molecule has 0 aliphatic carbocycles. The Balaban J connectivity index is 2.07. The van der Waals surface area contributed by atoms with E-state index in [4.69, 9.17) is 10.3 Å². The Morgan fingerprint density at radius 1 is 1.10 bits per heavy atom. The molecule has 0 aliphatic rings. The fourth-order valence-corrected chi connectivity index (χ4v) is 2.11. The highest BCUT2D eigenvalue weighted by atomic mass is 19.1. The van der Waals surface area contributed by atoms with E-state index < -0.39 is 11.9 Å². The van der Waals surface area contributed by atoms with Crippen LogP contribution in [-0.2, 0) is 0 Å².